The van der Waals surface area contributed by atoms with E-state index in [0.29, 0.717) is 36.1 Å². The molecular weight excluding hydrogens is 568 g/mol. The highest BCUT2D eigenvalue weighted by molar-refractivity contribution is 7.98. The smallest absolute Gasteiger partial charge is 0.326 e. The standard InChI is InChI=1S/C37H52N2O4S/c1-26-12-10-11-17-32(26)34-24-30(18-19-33(34)36(41)38-35(37(42)43)20-21-44-3)25-39(27(2)40)31(22-28-13-6-4-7-14-28)23-29-15-8-5-9-16-29/h10-12,17-19,24,28-29,31,35H,4-9,13-16,20-23,25H2,1-3H3,(H,38,41)(H,42,43)/t35-/m0/s1. The Morgan fingerprint density at radius 2 is 1.52 bits per heavy atom. The summed E-state index contributed by atoms with van der Waals surface area (Å²) < 4.78 is 0. The third-order valence-electron chi connectivity index (χ3n) is 9.84. The number of thioether (sulfide) groups is 1. The number of carboxylic acids is 1. The predicted octanol–water partition coefficient (Wildman–Crippen LogP) is 8.26. The molecule has 2 N–H and O–H groups in total. The van der Waals surface area contributed by atoms with Crippen LogP contribution in [0.1, 0.15) is 112 Å². The number of nitrogens with one attached hydrogen (secondary N) is 1. The lowest BCUT2D eigenvalue weighted by atomic mass is 9.79. The molecule has 2 aromatic rings. The number of carboxylic acid groups (broad SMARTS) is 1. The molecule has 2 fully saturated rings. The second kappa shape index (κ2) is 17.0. The fourth-order valence-electron chi connectivity index (χ4n) is 7.37. The Labute approximate surface area is 268 Å². The van der Waals surface area contributed by atoms with Crippen LogP contribution in [0.5, 0.6) is 0 Å². The summed E-state index contributed by atoms with van der Waals surface area (Å²) >= 11 is 1.56. The first-order valence-corrected chi connectivity index (χ1v) is 18.1. The fraction of sp³-hybridized carbons (Fsp3) is 0.595. The monoisotopic (exact) mass is 620 g/mol. The molecule has 4 rings (SSSR count). The van der Waals surface area contributed by atoms with Gasteiger partial charge in [0.2, 0.25) is 5.91 Å². The Morgan fingerprint density at radius 3 is 2.07 bits per heavy atom. The third-order valence-corrected chi connectivity index (χ3v) is 10.5. The van der Waals surface area contributed by atoms with Crippen LogP contribution in [0.25, 0.3) is 11.1 Å². The molecule has 7 heteroatoms. The zero-order valence-electron chi connectivity index (χ0n) is 27.0. The highest BCUT2D eigenvalue weighted by atomic mass is 32.2. The summed E-state index contributed by atoms with van der Waals surface area (Å²) in [4.78, 5) is 40.9. The number of carbonyl (C=O) groups excluding carboxylic acids is 2. The maximum absolute atomic E-state index is 13.6. The van der Waals surface area contributed by atoms with Gasteiger partial charge in [0.1, 0.15) is 6.04 Å². The summed E-state index contributed by atoms with van der Waals surface area (Å²) in [6.45, 7) is 4.24. The molecule has 0 heterocycles. The number of carbonyl (C=O) groups is 3. The van der Waals surface area contributed by atoms with Crippen molar-refractivity contribution in [2.45, 2.75) is 116 Å². The van der Waals surface area contributed by atoms with Gasteiger partial charge in [0.15, 0.2) is 0 Å². The Balaban J connectivity index is 1.65. The van der Waals surface area contributed by atoms with E-state index in [1.807, 2.05) is 55.6 Å². The average molecular weight is 621 g/mol. The first-order valence-electron chi connectivity index (χ1n) is 16.8. The van der Waals surface area contributed by atoms with E-state index in [0.717, 1.165) is 35.1 Å². The van der Waals surface area contributed by atoms with Crippen molar-refractivity contribution >= 4 is 29.5 Å². The van der Waals surface area contributed by atoms with Crippen LogP contribution >= 0.6 is 11.8 Å². The quantitative estimate of drug-likeness (QED) is 0.222. The molecule has 0 radical (unpaired) electrons. The maximum atomic E-state index is 13.6. The predicted molar refractivity (Wildman–Crippen MR) is 181 cm³/mol. The number of amides is 2. The van der Waals surface area contributed by atoms with E-state index < -0.39 is 12.0 Å². The van der Waals surface area contributed by atoms with Crippen LogP contribution in [0.3, 0.4) is 0 Å². The molecular formula is C37H52N2O4S. The van der Waals surface area contributed by atoms with Crippen molar-refractivity contribution < 1.29 is 19.5 Å². The number of rotatable bonds is 14. The van der Waals surface area contributed by atoms with Gasteiger partial charge in [-0.25, -0.2) is 4.79 Å². The molecule has 1 atom stereocenters. The Morgan fingerprint density at radius 1 is 0.909 bits per heavy atom. The molecule has 0 spiro atoms. The van der Waals surface area contributed by atoms with Gasteiger partial charge >= 0.3 is 5.97 Å². The van der Waals surface area contributed by atoms with Crippen LogP contribution in [0.2, 0.25) is 0 Å². The van der Waals surface area contributed by atoms with E-state index >= 15 is 0 Å². The van der Waals surface area contributed by atoms with E-state index in [2.05, 4.69) is 10.2 Å². The highest BCUT2D eigenvalue weighted by Crippen LogP contribution is 2.35. The van der Waals surface area contributed by atoms with Gasteiger partial charge in [-0.2, -0.15) is 11.8 Å². The van der Waals surface area contributed by atoms with Gasteiger partial charge in [-0.15, -0.1) is 0 Å². The number of hydrogen-bond acceptors (Lipinski definition) is 4. The van der Waals surface area contributed by atoms with Crippen molar-refractivity contribution in [2.24, 2.45) is 11.8 Å². The van der Waals surface area contributed by atoms with E-state index in [-0.39, 0.29) is 17.9 Å². The Hall–Kier alpha value is -2.80. The molecule has 0 saturated heterocycles. The van der Waals surface area contributed by atoms with Gasteiger partial charge in [-0.1, -0.05) is 94.5 Å². The summed E-state index contributed by atoms with van der Waals surface area (Å²) in [6.07, 6.45) is 17.3. The zero-order valence-corrected chi connectivity index (χ0v) is 27.8. The number of aryl methyl sites for hydroxylation is 1. The van der Waals surface area contributed by atoms with Crippen LogP contribution < -0.4 is 5.32 Å². The van der Waals surface area contributed by atoms with Gasteiger partial charge in [0, 0.05) is 25.1 Å². The molecule has 2 aliphatic rings. The van der Waals surface area contributed by atoms with Gasteiger partial charge in [0.05, 0.1) is 0 Å². The maximum Gasteiger partial charge on any atom is 0.326 e. The van der Waals surface area contributed by atoms with Gasteiger partial charge in [-0.05, 0) is 84.4 Å². The van der Waals surface area contributed by atoms with Crippen LogP contribution in [0, 0.1) is 18.8 Å². The molecule has 2 saturated carbocycles. The van der Waals surface area contributed by atoms with Crippen molar-refractivity contribution in [3.8, 4) is 11.1 Å². The molecule has 240 valence electrons. The molecule has 2 amide bonds. The van der Waals surface area contributed by atoms with E-state index in [9.17, 15) is 19.5 Å². The number of aliphatic carboxylic acids is 1. The minimum absolute atomic E-state index is 0.110. The van der Waals surface area contributed by atoms with Crippen molar-refractivity contribution in [3.05, 3.63) is 59.2 Å². The van der Waals surface area contributed by atoms with E-state index in [1.165, 1.54) is 64.2 Å². The van der Waals surface area contributed by atoms with Crippen molar-refractivity contribution in [2.75, 3.05) is 12.0 Å². The van der Waals surface area contributed by atoms with Crippen LogP contribution in [0.15, 0.2) is 42.5 Å². The molecule has 0 aliphatic heterocycles. The second-order valence-corrected chi connectivity index (χ2v) is 14.1. The van der Waals surface area contributed by atoms with Crippen molar-refractivity contribution in [1.29, 1.82) is 0 Å². The molecule has 6 nitrogen and oxygen atoms in total. The molecule has 2 aliphatic carbocycles. The summed E-state index contributed by atoms with van der Waals surface area (Å²) in [5, 5.41) is 12.5. The summed E-state index contributed by atoms with van der Waals surface area (Å²) in [5.74, 6) is 0.700. The lowest BCUT2D eigenvalue weighted by molar-refractivity contribution is -0.139. The molecule has 44 heavy (non-hydrogen) atoms. The Kier molecular flexibility index (Phi) is 13.2. The van der Waals surface area contributed by atoms with Gasteiger partial charge in [-0.3, -0.25) is 9.59 Å². The summed E-state index contributed by atoms with van der Waals surface area (Å²) in [6, 6.07) is 13.0. The summed E-state index contributed by atoms with van der Waals surface area (Å²) in [5.41, 5.74) is 4.18. The molecule has 0 unspecified atom stereocenters. The molecule has 0 bridgehead atoms. The number of benzene rings is 2. The van der Waals surface area contributed by atoms with Crippen LogP contribution in [-0.4, -0.2) is 51.9 Å². The van der Waals surface area contributed by atoms with Crippen molar-refractivity contribution in [1.82, 2.24) is 10.2 Å². The summed E-state index contributed by atoms with van der Waals surface area (Å²) in [7, 11) is 0. The second-order valence-electron chi connectivity index (χ2n) is 13.1. The minimum Gasteiger partial charge on any atom is -0.480 e. The normalized spacial score (nSPS) is 16.9. The largest absolute Gasteiger partial charge is 0.480 e. The number of nitrogens with zero attached hydrogens (tertiary/aromatic N) is 1. The minimum atomic E-state index is -1.03. The molecule has 0 aromatic heterocycles. The third kappa shape index (κ3) is 9.60. The van der Waals surface area contributed by atoms with Gasteiger partial charge < -0.3 is 15.3 Å². The highest BCUT2D eigenvalue weighted by Gasteiger charge is 2.30. The molecule has 2 aromatic carbocycles. The Bertz CT molecular complexity index is 1230. The van der Waals surface area contributed by atoms with E-state index in [1.54, 1.807) is 18.7 Å². The van der Waals surface area contributed by atoms with Crippen LogP contribution in [0.4, 0.5) is 0 Å². The van der Waals surface area contributed by atoms with E-state index in [4.69, 9.17) is 0 Å². The average Bonchev–Trinajstić information content (AvgIpc) is 3.02. The van der Waals surface area contributed by atoms with Crippen molar-refractivity contribution in [3.63, 3.8) is 0 Å². The van der Waals surface area contributed by atoms with Gasteiger partial charge in [0.25, 0.3) is 5.91 Å². The lowest BCUT2D eigenvalue weighted by Gasteiger charge is -2.37. The first-order chi connectivity index (χ1) is 21.3. The fourth-order valence-corrected chi connectivity index (χ4v) is 7.85. The first kappa shape index (κ1) is 34.1. The lowest BCUT2D eigenvalue weighted by Crippen LogP contribution is -2.42. The topological polar surface area (TPSA) is 86.7 Å². The zero-order chi connectivity index (χ0) is 31.5. The number of hydrogen-bond donors (Lipinski definition) is 2. The van der Waals surface area contributed by atoms with Crippen LogP contribution in [-0.2, 0) is 16.1 Å². The SMILES string of the molecule is CSCC[C@H](NC(=O)c1ccc(CN(C(C)=O)C(CC2CCCCC2)CC2CCCCC2)cc1-c1ccccc1C)C(=O)O.